The van der Waals surface area contributed by atoms with E-state index in [1.165, 1.54) is 4.90 Å². The first kappa shape index (κ1) is 15.3. The summed E-state index contributed by atoms with van der Waals surface area (Å²) >= 11 is 0. The Morgan fingerprint density at radius 3 is 2.76 bits per heavy atom. The van der Waals surface area contributed by atoms with Gasteiger partial charge in [-0.3, -0.25) is 14.5 Å². The Morgan fingerprint density at radius 1 is 1.38 bits per heavy atom. The molecule has 0 aromatic heterocycles. The number of aliphatic hydroxyl groups excluding tert-OH is 1. The summed E-state index contributed by atoms with van der Waals surface area (Å²) in [5.74, 6) is -3.32. The molecule has 8 heteroatoms. The van der Waals surface area contributed by atoms with Crippen molar-refractivity contribution in [3.05, 3.63) is 29.8 Å². The summed E-state index contributed by atoms with van der Waals surface area (Å²) in [6.07, 6.45) is -0.804. The predicted octanol–water partition coefficient (Wildman–Crippen LogP) is 0.423. The van der Waals surface area contributed by atoms with Gasteiger partial charge >= 0.3 is 5.97 Å². The number of nitrogens with one attached hydrogen (secondary N) is 1. The van der Waals surface area contributed by atoms with Gasteiger partial charge in [-0.15, -0.1) is 0 Å². The number of amides is 1. The Bertz CT molecular complexity index is 567. The van der Waals surface area contributed by atoms with Gasteiger partial charge in [-0.1, -0.05) is 0 Å². The van der Waals surface area contributed by atoms with Crippen LogP contribution in [0.2, 0.25) is 0 Å². The molecule has 0 spiro atoms. The van der Waals surface area contributed by atoms with Gasteiger partial charge in [0.15, 0.2) is 0 Å². The van der Waals surface area contributed by atoms with Crippen LogP contribution in [0.1, 0.15) is 6.42 Å². The summed E-state index contributed by atoms with van der Waals surface area (Å²) in [6, 6.07) is 1.66. The normalized spacial score (nSPS) is 22.2. The van der Waals surface area contributed by atoms with Gasteiger partial charge in [0.05, 0.1) is 18.3 Å². The number of hydrogen-bond donors (Lipinski definition) is 3. The highest BCUT2D eigenvalue weighted by Gasteiger charge is 2.36. The predicted molar refractivity (Wildman–Crippen MR) is 68.6 cm³/mol. The zero-order valence-corrected chi connectivity index (χ0v) is 10.9. The van der Waals surface area contributed by atoms with Crippen molar-refractivity contribution in [1.82, 2.24) is 4.90 Å². The van der Waals surface area contributed by atoms with Crippen LogP contribution in [-0.4, -0.2) is 52.2 Å². The number of nitrogens with zero attached hydrogens (tertiary/aromatic N) is 1. The van der Waals surface area contributed by atoms with Crippen molar-refractivity contribution in [3.8, 4) is 0 Å². The van der Waals surface area contributed by atoms with Crippen molar-refractivity contribution in [2.75, 3.05) is 18.4 Å². The van der Waals surface area contributed by atoms with E-state index in [4.69, 9.17) is 5.11 Å². The molecule has 0 radical (unpaired) electrons. The lowest BCUT2D eigenvalue weighted by Gasteiger charge is -2.20. The number of carboxylic acid groups (broad SMARTS) is 1. The molecule has 6 nitrogen and oxygen atoms in total. The minimum absolute atomic E-state index is 0.0247. The number of aliphatic carboxylic acids is 1. The number of carbonyl (C=O) groups is 2. The molecule has 0 aliphatic carbocycles. The molecule has 1 aromatic rings. The Balaban J connectivity index is 2.01. The van der Waals surface area contributed by atoms with Gasteiger partial charge < -0.3 is 15.5 Å². The minimum atomic E-state index is -1.14. The van der Waals surface area contributed by atoms with Crippen LogP contribution in [0.15, 0.2) is 18.2 Å². The topological polar surface area (TPSA) is 89.9 Å². The molecule has 2 rings (SSSR count). The summed E-state index contributed by atoms with van der Waals surface area (Å²) < 4.78 is 26.4. The zero-order chi connectivity index (χ0) is 15.6. The number of halogens is 2. The average molecular weight is 300 g/mol. The Kier molecular flexibility index (Phi) is 4.49. The fraction of sp³-hybridized carbons (Fsp3) is 0.385. The van der Waals surface area contributed by atoms with E-state index in [-0.39, 0.29) is 25.2 Å². The highest BCUT2D eigenvalue weighted by atomic mass is 19.1. The van der Waals surface area contributed by atoms with Crippen molar-refractivity contribution in [2.45, 2.75) is 18.6 Å². The van der Waals surface area contributed by atoms with Gasteiger partial charge in [-0.25, -0.2) is 8.78 Å². The van der Waals surface area contributed by atoms with Crippen LogP contribution in [0.25, 0.3) is 0 Å². The third-order valence-corrected chi connectivity index (χ3v) is 3.22. The van der Waals surface area contributed by atoms with Gasteiger partial charge in [0.2, 0.25) is 5.91 Å². The summed E-state index contributed by atoms with van der Waals surface area (Å²) in [6.45, 7) is -0.292. The summed E-state index contributed by atoms with van der Waals surface area (Å²) in [4.78, 5) is 24.1. The smallest absolute Gasteiger partial charge is 0.321 e. The molecule has 3 N–H and O–H groups in total. The lowest BCUT2D eigenvalue weighted by Crippen LogP contribution is -2.41. The number of aliphatic hydroxyl groups is 1. The van der Waals surface area contributed by atoms with Crippen molar-refractivity contribution < 1.29 is 28.6 Å². The van der Waals surface area contributed by atoms with Gasteiger partial charge in [0.1, 0.15) is 17.7 Å². The minimum Gasteiger partial charge on any atom is -0.480 e. The van der Waals surface area contributed by atoms with Crippen molar-refractivity contribution in [3.63, 3.8) is 0 Å². The second-order valence-electron chi connectivity index (χ2n) is 4.85. The van der Waals surface area contributed by atoms with Crippen molar-refractivity contribution in [1.29, 1.82) is 0 Å². The number of benzene rings is 1. The fourth-order valence-electron chi connectivity index (χ4n) is 2.28. The quantitative estimate of drug-likeness (QED) is 0.750. The average Bonchev–Trinajstić information content (AvgIpc) is 2.75. The van der Waals surface area contributed by atoms with Crippen LogP contribution < -0.4 is 5.32 Å². The zero-order valence-electron chi connectivity index (χ0n) is 10.9. The number of likely N-dealkylation sites (tertiary alicyclic amines) is 1. The van der Waals surface area contributed by atoms with E-state index in [0.717, 1.165) is 18.2 Å². The largest absolute Gasteiger partial charge is 0.480 e. The van der Waals surface area contributed by atoms with Gasteiger partial charge in [-0.2, -0.15) is 0 Å². The SMILES string of the molecule is O=C(CN1CC(O)CC1C(=O)O)Nc1cc(F)ccc1F. The molecule has 2 unspecified atom stereocenters. The molecule has 1 amide bonds. The molecule has 2 atom stereocenters. The Morgan fingerprint density at radius 2 is 2.10 bits per heavy atom. The highest BCUT2D eigenvalue weighted by Crippen LogP contribution is 2.19. The van der Waals surface area contributed by atoms with E-state index in [9.17, 15) is 23.5 Å². The molecule has 1 heterocycles. The molecule has 1 fully saturated rings. The molecule has 1 aliphatic rings. The lowest BCUT2D eigenvalue weighted by atomic mass is 10.2. The van der Waals surface area contributed by atoms with Gasteiger partial charge in [-0.05, 0) is 12.1 Å². The Hall–Kier alpha value is -2.06. The first-order valence-electron chi connectivity index (χ1n) is 6.26. The number of anilines is 1. The summed E-state index contributed by atoms with van der Waals surface area (Å²) in [7, 11) is 0. The van der Waals surface area contributed by atoms with Gasteiger partial charge in [0.25, 0.3) is 0 Å². The van der Waals surface area contributed by atoms with Crippen LogP contribution >= 0.6 is 0 Å². The maximum Gasteiger partial charge on any atom is 0.321 e. The number of β-amino-alcohol motifs (C(OH)–C–C–N with tert-alkyl or cyclic N) is 1. The van der Waals surface area contributed by atoms with Crippen molar-refractivity contribution >= 4 is 17.6 Å². The molecular weight excluding hydrogens is 286 g/mol. The van der Waals surface area contributed by atoms with E-state index in [2.05, 4.69) is 5.32 Å². The molecule has 114 valence electrons. The van der Waals surface area contributed by atoms with Crippen LogP contribution in [0.5, 0.6) is 0 Å². The maximum absolute atomic E-state index is 13.4. The molecule has 1 aliphatic heterocycles. The maximum atomic E-state index is 13.4. The molecular formula is C13H14F2N2O4. The third kappa shape index (κ3) is 3.73. The lowest BCUT2D eigenvalue weighted by molar-refractivity contribution is -0.142. The van der Waals surface area contributed by atoms with Gasteiger partial charge in [0, 0.05) is 19.0 Å². The fourth-order valence-corrected chi connectivity index (χ4v) is 2.28. The first-order valence-corrected chi connectivity index (χ1v) is 6.26. The molecule has 1 saturated heterocycles. The Labute approximate surface area is 119 Å². The second-order valence-corrected chi connectivity index (χ2v) is 4.85. The van der Waals surface area contributed by atoms with Crippen LogP contribution in [0.4, 0.5) is 14.5 Å². The van der Waals surface area contributed by atoms with Crippen LogP contribution in [-0.2, 0) is 9.59 Å². The first-order chi connectivity index (χ1) is 9.86. The molecule has 21 heavy (non-hydrogen) atoms. The van der Waals surface area contributed by atoms with Crippen molar-refractivity contribution in [2.24, 2.45) is 0 Å². The van der Waals surface area contributed by atoms with E-state index >= 15 is 0 Å². The van der Waals surface area contributed by atoms with E-state index < -0.39 is 35.7 Å². The van der Waals surface area contributed by atoms with E-state index in [0.29, 0.717) is 0 Å². The molecule has 0 bridgehead atoms. The van der Waals surface area contributed by atoms with Crippen LogP contribution in [0, 0.1) is 11.6 Å². The number of hydrogen-bond acceptors (Lipinski definition) is 4. The number of carbonyl (C=O) groups excluding carboxylic acids is 1. The summed E-state index contributed by atoms with van der Waals surface area (Å²) in [5, 5.41) is 20.6. The van der Waals surface area contributed by atoms with E-state index in [1.807, 2.05) is 0 Å². The number of carboxylic acids is 1. The second kappa shape index (κ2) is 6.15. The molecule has 0 saturated carbocycles. The molecule has 1 aromatic carbocycles. The number of rotatable bonds is 4. The van der Waals surface area contributed by atoms with Crippen LogP contribution in [0.3, 0.4) is 0 Å². The monoisotopic (exact) mass is 300 g/mol. The summed E-state index contributed by atoms with van der Waals surface area (Å²) in [5.41, 5.74) is -0.313. The standard InChI is InChI=1S/C13H14F2N2O4/c14-7-1-2-9(15)10(3-7)16-12(19)6-17-5-8(18)4-11(17)13(20)21/h1-3,8,11,18H,4-6H2,(H,16,19)(H,20,21). The highest BCUT2D eigenvalue weighted by molar-refractivity contribution is 5.92. The van der Waals surface area contributed by atoms with E-state index in [1.54, 1.807) is 0 Å². The third-order valence-electron chi connectivity index (χ3n) is 3.22.